The molecule has 0 aromatic heterocycles. The highest BCUT2D eigenvalue weighted by Gasteiger charge is 2.17. The lowest BCUT2D eigenvalue weighted by atomic mass is 9.83. The van der Waals surface area contributed by atoms with Crippen LogP contribution in [-0.2, 0) is 17.6 Å². The molecular weight excluding hydrogens is 420 g/mol. The molecule has 34 heavy (non-hydrogen) atoms. The van der Waals surface area contributed by atoms with Crippen molar-refractivity contribution < 1.29 is 9.53 Å². The first-order valence-corrected chi connectivity index (χ1v) is 13.1. The Bertz CT molecular complexity index is 901. The van der Waals surface area contributed by atoms with Gasteiger partial charge >= 0.3 is 0 Å². The molecule has 2 aliphatic rings. The zero-order chi connectivity index (χ0) is 24.5. The molecule has 4 heteroatoms. The van der Waals surface area contributed by atoms with Crippen molar-refractivity contribution >= 4 is 11.5 Å². The molecule has 1 saturated heterocycles. The van der Waals surface area contributed by atoms with E-state index in [0.29, 0.717) is 18.1 Å². The van der Waals surface area contributed by atoms with Gasteiger partial charge in [-0.15, -0.1) is 0 Å². The zero-order valence-corrected chi connectivity index (χ0v) is 21.8. The molecule has 1 heterocycles. The number of hydrogen-bond donors (Lipinski definition) is 2. The summed E-state index contributed by atoms with van der Waals surface area (Å²) in [6, 6.07) is 15.1. The zero-order valence-electron chi connectivity index (χ0n) is 21.8. The second-order valence-corrected chi connectivity index (χ2v) is 10.5. The fourth-order valence-corrected chi connectivity index (χ4v) is 4.62. The highest BCUT2D eigenvalue weighted by molar-refractivity contribution is 5.94. The standard InChI is InChI=1S/C17H27N.C13H17NO2/c1-12(2)11-18-14(4)15-7-8-16-9-13(3)5-6-17(16)10-15;1-10(15)11-4-6-12(7-5-11)14-9-13-3-2-8-16-13/h7-8,10,12-14,18H,5-6,9,11H2,1-4H3;4-7,13-14H,2-3,8-9H2,1H3. The average molecular weight is 465 g/mol. The van der Waals surface area contributed by atoms with Gasteiger partial charge in [-0.2, -0.15) is 0 Å². The van der Waals surface area contributed by atoms with E-state index < -0.39 is 0 Å². The van der Waals surface area contributed by atoms with Crippen molar-refractivity contribution in [2.24, 2.45) is 11.8 Å². The Labute approximate surface area is 206 Å². The topological polar surface area (TPSA) is 50.4 Å². The lowest BCUT2D eigenvalue weighted by Crippen LogP contribution is -2.23. The van der Waals surface area contributed by atoms with Crippen LogP contribution in [0.5, 0.6) is 0 Å². The molecular formula is C30H44N2O2. The van der Waals surface area contributed by atoms with E-state index in [1.807, 2.05) is 24.3 Å². The van der Waals surface area contributed by atoms with E-state index in [-0.39, 0.29) is 5.78 Å². The number of benzene rings is 2. The van der Waals surface area contributed by atoms with Crippen LogP contribution in [0.1, 0.15) is 87.0 Å². The molecule has 3 unspecified atom stereocenters. The molecule has 3 atom stereocenters. The number of fused-ring (bicyclic) bond motifs is 1. The van der Waals surface area contributed by atoms with Gasteiger partial charge in [0.25, 0.3) is 0 Å². The normalized spacial score (nSPS) is 20.3. The van der Waals surface area contributed by atoms with Crippen molar-refractivity contribution in [2.75, 3.05) is 25.0 Å². The van der Waals surface area contributed by atoms with Crippen molar-refractivity contribution in [2.45, 2.75) is 78.9 Å². The van der Waals surface area contributed by atoms with Crippen LogP contribution in [0, 0.1) is 11.8 Å². The molecule has 0 radical (unpaired) electrons. The monoisotopic (exact) mass is 464 g/mol. The highest BCUT2D eigenvalue weighted by Crippen LogP contribution is 2.27. The van der Waals surface area contributed by atoms with E-state index in [9.17, 15) is 4.79 Å². The van der Waals surface area contributed by atoms with Gasteiger partial charge in [0.2, 0.25) is 0 Å². The third-order valence-electron chi connectivity index (χ3n) is 6.89. The SMILES string of the molecule is CC(=O)c1ccc(NCC2CCCO2)cc1.CC(C)CNC(C)c1ccc2c(c1)CCC(C)C2. The lowest BCUT2D eigenvalue weighted by molar-refractivity contribution is 0.101. The summed E-state index contributed by atoms with van der Waals surface area (Å²) in [5.41, 5.74) is 6.41. The van der Waals surface area contributed by atoms with Gasteiger partial charge in [-0.05, 0) is 105 Å². The first kappa shape index (κ1) is 26.4. The predicted molar refractivity (Wildman–Crippen MR) is 143 cm³/mol. The number of carbonyl (C=O) groups excluding carboxylic acids is 1. The second-order valence-electron chi connectivity index (χ2n) is 10.5. The average Bonchev–Trinajstić information content (AvgIpc) is 3.35. The van der Waals surface area contributed by atoms with Gasteiger partial charge < -0.3 is 15.4 Å². The molecule has 4 nitrogen and oxygen atoms in total. The third kappa shape index (κ3) is 8.25. The van der Waals surface area contributed by atoms with Crippen LogP contribution < -0.4 is 10.6 Å². The molecule has 1 aliphatic heterocycles. The van der Waals surface area contributed by atoms with E-state index in [1.54, 1.807) is 18.1 Å². The molecule has 0 amide bonds. The molecule has 186 valence electrons. The lowest BCUT2D eigenvalue weighted by Gasteiger charge is -2.24. The molecule has 2 aromatic rings. The summed E-state index contributed by atoms with van der Waals surface area (Å²) in [5, 5.41) is 6.93. The summed E-state index contributed by atoms with van der Waals surface area (Å²) in [5.74, 6) is 1.68. The maximum atomic E-state index is 11.1. The molecule has 4 rings (SSSR count). The molecule has 0 spiro atoms. The van der Waals surface area contributed by atoms with Crippen LogP contribution in [0.15, 0.2) is 42.5 Å². The summed E-state index contributed by atoms with van der Waals surface area (Å²) < 4.78 is 5.52. The van der Waals surface area contributed by atoms with E-state index >= 15 is 0 Å². The van der Waals surface area contributed by atoms with Crippen LogP contribution in [0.4, 0.5) is 5.69 Å². The van der Waals surface area contributed by atoms with Crippen molar-refractivity contribution in [3.8, 4) is 0 Å². The van der Waals surface area contributed by atoms with Gasteiger partial charge in [0, 0.05) is 30.4 Å². The smallest absolute Gasteiger partial charge is 0.159 e. The van der Waals surface area contributed by atoms with Crippen LogP contribution in [0.3, 0.4) is 0 Å². The summed E-state index contributed by atoms with van der Waals surface area (Å²) in [6.45, 7) is 13.6. The number of ketones is 1. The maximum absolute atomic E-state index is 11.1. The first-order chi connectivity index (χ1) is 16.3. The minimum atomic E-state index is 0.102. The Morgan fingerprint density at radius 2 is 1.82 bits per heavy atom. The number of Topliss-reactive ketones (excluding diaryl/α,β-unsaturated/α-hetero) is 1. The molecule has 1 aliphatic carbocycles. The van der Waals surface area contributed by atoms with Crippen LogP contribution in [-0.4, -0.2) is 31.6 Å². The molecule has 2 aromatic carbocycles. The largest absolute Gasteiger partial charge is 0.382 e. The molecule has 2 N–H and O–H groups in total. The summed E-state index contributed by atoms with van der Waals surface area (Å²) in [6.07, 6.45) is 6.52. The second kappa shape index (κ2) is 13.1. The molecule has 0 bridgehead atoms. The van der Waals surface area contributed by atoms with Crippen LogP contribution in [0.25, 0.3) is 0 Å². The van der Waals surface area contributed by atoms with E-state index in [2.05, 4.69) is 56.5 Å². The first-order valence-electron chi connectivity index (χ1n) is 13.1. The number of hydrogen-bond acceptors (Lipinski definition) is 4. The summed E-state index contributed by atoms with van der Waals surface area (Å²) in [7, 11) is 0. The Kier molecular flexibility index (Phi) is 10.2. The Balaban J connectivity index is 0.000000192. The van der Waals surface area contributed by atoms with Crippen molar-refractivity contribution in [3.63, 3.8) is 0 Å². The Morgan fingerprint density at radius 3 is 2.47 bits per heavy atom. The van der Waals surface area contributed by atoms with E-state index in [4.69, 9.17) is 4.74 Å². The fourth-order valence-electron chi connectivity index (χ4n) is 4.62. The Hall–Kier alpha value is -2.17. The minimum absolute atomic E-state index is 0.102. The van der Waals surface area contributed by atoms with Gasteiger partial charge in [0.15, 0.2) is 5.78 Å². The number of carbonyl (C=O) groups is 1. The maximum Gasteiger partial charge on any atom is 0.159 e. The quantitative estimate of drug-likeness (QED) is 0.432. The fraction of sp³-hybridized carbons (Fsp3) is 0.567. The summed E-state index contributed by atoms with van der Waals surface area (Å²) in [4.78, 5) is 11.1. The number of ether oxygens (including phenoxy) is 1. The van der Waals surface area contributed by atoms with Crippen molar-refractivity contribution in [1.82, 2.24) is 5.32 Å². The van der Waals surface area contributed by atoms with Gasteiger partial charge in [-0.25, -0.2) is 0 Å². The van der Waals surface area contributed by atoms with Crippen molar-refractivity contribution in [1.29, 1.82) is 0 Å². The number of aryl methyl sites for hydroxylation is 1. The molecule has 0 saturated carbocycles. The highest BCUT2D eigenvalue weighted by atomic mass is 16.5. The third-order valence-corrected chi connectivity index (χ3v) is 6.89. The molecule has 1 fully saturated rings. The Morgan fingerprint density at radius 1 is 1.06 bits per heavy atom. The van der Waals surface area contributed by atoms with Gasteiger partial charge in [-0.3, -0.25) is 4.79 Å². The number of anilines is 1. The minimum Gasteiger partial charge on any atom is -0.382 e. The van der Waals surface area contributed by atoms with Crippen LogP contribution in [0.2, 0.25) is 0 Å². The van der Waals surface area contributed by atoms with Gasteiger partial charge in [0.1, 0.15) is 0 Å². The van der Waals surface area contributed by atoms with Crippen molar-refractivity contribution in [3.05, 3.63) is 64.7 Å². The number of nitrogens with one attached hydrogen (secondary N) is 2. The number of rotatable bonds is 8. The van der Waals surface area contributed by atoms with Gasteiger partial charge in [-0.1, -0.05) is 39.0 Å². The van der Waals surface area contributed by atoms with Gasteiger partial charge in [0.05, 0.1) is 6.10 Å². The summed E-state index contributed by atoms with van der Waals surface area (Å²) >= 11 is 0. The van der Waals surface area contributed by atoms with E-state index in [0.717, 1.165) is 49.7 Å². The van der Waals surface area contributed by atoms with E-state index in [1.165, 1.54) is 24.8 Å². The predicted octanol–water partition coefficient (Wildman–Crippen LogP) is 6.60. The van der Waals surface area contributed by atoms with Crippen LogP contribution >= 0.6 is 0 Å².